The van der Waals surface area contributed by atoms with Gasteiger partial charge in [0, 0.05) is 18.4 Å². The van der Waals surface area contributed by atoms with Crippen LogP contribution < -0.4 is 0 Å². The maximum atomic E-state index is 11.6. The van der Waals surface area contributed by atoms with Gasteiger partial charge in [-0.15, -0.1) is 0 Å². The van der Waals surface area contributed by atoms with Crippen LogP contribution in [0, 0.1) is 5.41 Å². The van der Waals surface area contributed by atoms with Gasteiger partial charge in [0.15, 0.2) is 0 Å². The zero-order chi connectivity index (χ0) is 13.9. The minimum atomic E-state index is -0.358. The summed E-state index contributed by atoms with van der Waals surface area (Å²) in [5.41, 5.74) is -0.241. The Bertz CT molecular complexity index is 276. The van der Waals surface area contributed by atoms with Gasteiger partial charge in [0.2, 0.25) is 11.8 Å². The van der Waals surface area contributed by atoms with E-state index >= 15 is 0 Å². The topological polar surface area (TPSA) is 37.4 Å². The van der Waals surface area contributed by atoms with Gasteiger partial charge in [0.05, 0.1) is 0 Å². The van der Waals surface area contributed by atoms with Crippen LogP contribution in [0.3, 0.4) is 0 Å². The number of nitrogens with zero attached hydrogens (tertiary/aromatic N) is 1. The van der Waals surface area contributed by atoms with Crippen molar-refractivity contribution in [1.29, 1.82) is 0 Å². The summed E-state index contributed by atoms with van der Waals surface area (Å²) in [6.07, 6.45) is 1.59. The molecule has 2 amide bonds. The molecule has 0 atom stereocenters. The van der Waals surface area contributed by atoms with Gasteiger partial charge >= 0.3 is 21.8 Å². The number of likely N-dealkylation sites (tertiary alicyclic amines) is 1. The summed E-state index contributed by atoms with van der Waals surface area (Å²) in [7, 11) is 0. The Morgan fingerprint density at radius 2 is 1.35 bits per heavy atom. The fraction of sp³-hybridized carbons (Fsp3) is 0.846. The number of hydrogen-bond acceptors (Lipinski definition) is 2. The molecule has 0 saturated carbocycles. The van der Waals surface area contributed by atoms with E-state index in [9.17, 15) is 9.59 Å². The van der Waals surface area contributed by atoms with Gasteiger partial charge in [-0.1, -0.05) is 20.8 Å². The molecular formula is C13H25NO2Se. The third kappa shape index (κ3) is 4.80. The Morgan fingerprint density at radius 3 is 1.65 bits per heavy atom. The minimum absolute atomic E-state index is 0.0192. The van der Waals surface area contributed by atoms with Crippen LogP contribution in [0.4, 0.5) is 0 Å². The number of carbonyl (C=O) groups is 2. The van der Waals surface area contributed by atoms with Crippen LogP contribution >= 0.6 is 0 Å². The molecule has 0 radical (unpaired) electrons. The van der Waals surface area contributed by atoms with E-state index in [0.717, 1.165) is 6.42 Å². The van der Waals surface area contributed by atoms with Crippen LogP contribution in [0.15, 0.2) is 0 Å². The summed E-state index contributed by atoms with van der Waals surface area (Å²) < 4.78 is 0. The predicted octanol–water partition coefficient (Wildman–Crippen LogP) is 2.29. The van der Waals surface area contributed by atoms with Crippen molar-refractivity contribution in [2.45, 2.75) is 65.2 Å². The van der Waals surface area contributed by atoms with Crippen molar-refractivity contribution in [2.75, 3.05) is 0 Å². The van der Waals surface area contributed by atoms with E-state index in [4.69, 9.17) is 0 Å². The Labute approximate surface area is 113 Å². The zero-order valence-corrected chi connectivity index (χ0v) is 13.7. The van der Waals surface area contributed by atoms with Gasteiger partial charge in [-0.3, -0.25) is 14.5 Å². The summed E-state index contributed by atoms with van der Waals surface area (Å²) >= 11 is 2.31. The first-order valence-electron chi connectivity index (χ1n) is 5.94. The Morgan fingerprint density at radius 1 is 1.00 bits per heavy atom. The number of amides is 2. The summed E-state index contributed by atoms with van der Waals surface area (Å²) in [5.74, 6) is 1.90. The molecule has 3 nitrogen and oxygen atoms in total. The Kier molecular flexibility index (Phi) is 5.89. The fourth-order valence-corrected chi connectivity index (χ4v) is 2.63. The van der Waals surface area contributed by atoms with Crippen molar-refractivity contribution in [2.24, 2.45) is 5.41 Å². The van der Waals surface area contributed by atoms with E-state index < -0.39 is 0 Å². The molecular weight excluding hydrogens is 281 g/mol. The molecule has 0 unspecified atom stereocenters. The first-order valence-corrected chi connectivity index (χ1v) is 7.82. The average Bonchev–Trinajstić information content (AvgIpc) is 2.45. The van der Waals surface area contributed by atoms with Crippen molar-refractivity contribution in [3.05, 3.63) is 0 Å². The van der Waals surface area contributed by atoms with Gasteiger partial charge in [-0.2, -0.15) is 0 Å². The molecule has 1 fully saturated rings. The van der Waals surface area contributed by atoms with Crippen LogP contribution in [0.5, 0.6) is 0 Å². The van der Waals surface area contributed by atoms with Crippen molar-refractivity contribution < 1.29 is 9.59 Å². The monoisotopic (exact) mass is 307 g/mol. The molecule has 1 aliphatic rings. The van der Waals surface area contributed by atoms with Crippen molar-refractivity contribution in [3.8, 4) is 0 Å². The third-order valence-corrected chi connectivity index (χ3v) is 2.62. The molecule has 1 aliphatic heterocycles. The molecule has 1 heterocycles. The number of rotatable bonds is 2. The van der Waals surface area contributed by atoms with Crippen molar-refractivity contribution in [1.82, 2.24) is 4.90 Å². The first kappa shape index (κ1) is 16.7. The second kappa shape index (κ2) is 6.01. The van der Waals surface area contributed by atoms with Gasteiger partial charge in [-0.05, 0) is 25.7 Å². The molecule has 0 bridgehead atoms. The van der Waals surface area contributed by atoms with Crippen molar-refractivity contribution in [3.63, 3.8) is 0 Å². The first-order chi connectivity index (χ1) is 7.63. The van der Waals surface area contributed by atoms with Crippen LogP contribution in [0.2, 0.25) is 5.82 Å². The van der Waals surface area contributed by atoms with Gasteiger partial charge in [-0.25, -0.2) is 0 Å². The number of imide groups is 1. The third-order valence-electron chi connectivity index (χ3n) is 2.62. The molecule has 1 saturated heterocycles. The van der Waals surface area contributed by atoms with E-state index in [1.807, 2.05) is 19.7 Å². The maximum absolute atomic E-state index is 11.6. The standard InChI is InChI=1S/C12H21NO2.CH4Se/c1-11(2,3)8-12(4,5)13-9(14)6-7-10(13)15;1-2/h6-8H2,1-5H3;2H,1H3. The molecule has 100 valence electrons. The van der Waals surface area contributed by atoms with Gasteiger partial charge in [0.1, 0.15) is 0 Å². The summed E-state index contributed by atoms with van der Waals surface area (Å²) in [4.78, 5) is 24.7. The van der Waals surface area contributed by atoms with Crippen molar-refractivity contribution >= 4 is 27.8 Å². The van der Waals surface area contributed by atoms with E-state index in [1.165, 1.54) is 4.90 Å². The molecule has 1 rings (SSSR count). The van der Waals surface area contributed by atoms with E-state index in [0.29, 0.717) is 12.8 Å². The molecule has 0 aromatic carbocycles. The van der Waals surface area contributed by atoms with Gasteiger partial charge in [0.25, 0.3) is 0 Å². The summed E-state index contributed by atoms with van der Waals surface area (Å²) in [6, 6.07) is 0. The van der Waals surface area contributed by atoms with Crippen LogP contribution in [0.25, 0.3) is 0 Å². The van der Waals surface area contributed by atoms with Crippen LogP contribution in [-0.2, 0) is 9.59 Å². The van der Waals surface area contributed by atoms with Crippen LogP contribution in [-0.4, -0.2) is 38.3 Å². The second-order valence-corrected chi connectivity index (χ2v) is 6.17. The number of carbonyl (C=O) groups excluding carboxylic acids is 2. The molecule has 0 aliphatic carbocycles. The molecule has 0 spiro atoms. The normalized spacial score (nSPS) is 17.0. The molecule has 17 heavy (non-hydrogen) atoms. The summed E-state index contributed by atoms with van der Waals surface area (Å²) in [5, 5.41) is 0. The Balaban J connectivity index is 0.00000121. The molecule has 0 N–H and O–H groups in total. The summed E-state index contributed by atoms with van der Waals surface area (Å²) in [6.45, 7) is 10.3. The SMILES string of the molecule is CC(C)(C)CC(C)(C)N1C(=O)CCC1=O.C[SeH]. The second-order valence-electron chi connectivity index (χ2n) is 6.17. The molecule has 0 aromatic rings. The Hall–Kier alpha value is -0.341. The molecule has 4 heteroatoms. The fourth-order valence-electron chi connectivity index (χ4n) is 2.63. The van der Waals surface area contributed by atoms with Gasteiger partial charge < -0.3 is 0 Å². The quantitative estimate of drug-likeness (QED) is 0.580. The van der Waals surface area contributed by atoms with E-state index in [2.05, 4.69) is 36.8 Å². The average molecular weight is 306 g/mol. The number of hydrogen-bond donors (Lipinski definition) is 0. The van der Waals surface area contributed by atoms with E-state index in [1.54, 1.807) is 0 Å². The predicted molar refractivity (Wildman–Crippen MR) is 72.3 cm³/mol. The van der Waals surface area contributed by atoms with E-state index in [-0.39, 0.29) is 22.8 Å². The zero-order valence-electron chi connectivity index (χ0n) is 11.8. The van der Waals surface area contributed by atoms with Crippen LogP contribution in [0.1, 0.15) is 53.9 Å². The molecule has 0 aromatic heterocycles.